The van der Waals surface area contributed by atoms with Crippen LogP contribution >= 0.6 is 12.2 Å². The molecule has 1 saturated carbocycles. The lowest BCUT2D eigenvalue weighted by Gasteiger charge is -2.29. The fourth-order valence-corrected chi connectivity index (χ4v) is 2.43. The molecule has 1 fully saturated rings. The summed E-state index contributed by atoms with van der Waals surface area (Å²) in [7, 11) is 1.70. The van der Waals surface area contributed by atoms with E-state index in [1.807, 2.05) is 0 Å². The van der Waals surface area contributed by atoms with Gasteiger partial charge >= 0.3 is 0 Å². The van der Waals surface area contributed by atoms with E-state index < -0.39 is 0 Å². The minimum atomic E-state index is 0.696. The van der Waals surface area contributed by atoms with Crippen molar-refractivity contribution < 1.29 is 4.74 Å². The maximum absolute atomic E-state index is 5.20. The Morgan fingerprint density at radius 2 is 2.06 bits per heavy atom. The first-order valence-corrected chi connectivity index (χ1v) is 6.65. The number of hydrogen-bond acceptors (Lipinski definition) is 2. The number of rotatable bonds is 5. The highest BCUT2D eigenvalue weighted by Crippen LogP contribution is 2.28. The Morgan fingerprint density at radius 3 is 2.75 bits per heavy atom. The molecule has 0 heterocycles. The molecule has 1 aliphatic rings. The molecular weight excluding hydrogens is 220 g/mol. The summed E-state index contributed by atoms with van der Waals surface area (Å²) in [5, 5.41) is 7.20. The lowest BCUT2D eigenvalue weighted by molar-refractivity contribution is 0.203. The van der Waals surface area contributed by atoms with E-state index in [-0.39, 0.29) is 0 Å². The van der Waals surface area contributed by atoms with Crippen molar-refractivity contribution in [2.45, 2.75) is 32.6 Å². The van der Waals surface area contributed by atoms with Crippen molar-refractivity contribution in [2.75, 3.05) is 26.8 Å². The summed E-state index contributed by atoms with van der Waals surface area (Å²) < 4.78 is 4.95. The molecule has 0 amide bonds. The number of nitrogens with one attached hydrogen (secondary N) is 2. The van der Waals surface area contributed by atoms with Crippen LogP contribution < -0.4 is 10.6 Å². The molecule has 94 valence electrons. The second kappa shape index (κ2) is 7.85. The van der Waals surface area contributed by atoms with Gasteiger partial charge in [0, 0.05) is 20.2 Å². The van der Waals surface area contributed by atoms with E-state index in [0.717, 1.165) is 30.0 Å². The minimum absolute atomic E-state index is 0.696. The summed E-state index contributed by atoms with van der Waals surface area (Å²) in [5.74, 6) is 1.62. The summed E-state index contributed by atoms with van der Waals surface area (Å²) in [6.45, 7) is 4.84. The molecule has 3 nitrogen and oxygen atoms in total. The molecule has 0 aromatic rings. The second-order valence-corrected chi connectivity index (χ2v) is 5.06. The van der Waals surface area contributed by atoms with Gasteiger partial charge in [0.2, 0.25) is 0 Å². The predicted molar refractivity (Wildman–Crippen MR) is 71.6 cm³/mol. The standard InChI is InChI=1S/C12H24N2OS/c1-10-5-3-4-6-11(10)9-14-12(16)13-7-8-15-2/h10-11H,3-9H2,1-2H3,(H2,13,14,16). The Hall–Kier alpha value is -0.350. The van der Waals surface area contributed by atoms with Crippen molar-refractivity contribution in [1.29, 1.82) is 0 Å². The zero-order valence-electron chi connectivity index (χ0n) is 10.4. The van der Waals surface area contributed by atoms with Gasteiger partial charge in [-0.25, -0.2) is 0 Å². The van der Waals surface area contributed by atoms with Gasteiger partial charge in [0.1, 0.15) is 0 Å². The van der Waals surface area contributed by atoms with Crippen LogP contribution in [-0.4, -0.2) is 31.9 Å². The van der Waals surface area contributed by atoms with E-state index in [4.69, 9.17) is 17.0 Å². The van der Waals surface area contributed by atoms with Gasteiger partial charge in [-0.1, -0.05) is 26.2 Å². The summed E-state index contributed by atoms with van der Waals surface area (Å²) in [6.07, 6.45) is 5.49. The van der Waals surface area contributed by atoms with Crippen LogP contribution in [0, 0.1) is 11.8 Å². The predicted octanol–water partition coefficient (Wildman–Crippen LogP) is 1.92. The maximum atomic E-state index is 5.20. The number of thiocarbonyl (C=S) groups is 1. The Kier molecular flexibility index (Phi) is 6.73. The summed E-state index contributed by atoms with van der Waals surface area (Å²) in [4.78, 5) is 0. The topological polar surface area (TPSA) is 33.3 Å². The summed E-state index contributed by atoms with van der Waals surface area (Å²) >= 11 is 5.20. The maximum Gasteiger partial charge on any atom is 0.166 e. The third-order valence-corrected chi connectivity index (χ3v) is 3.69. The van der Waals surface area contributed by atoms with Crippen LogP contribution in [-0.2, 0) is 4.74 Å². The molecule has 0 saturated heterocycles. The van der Waals surface area contributed by atoms with Crippen LogP contribution in [0.5, 0.6) is 0 Å². The van der Waals surface area contributed by atoms with Crippen molar-refractivity contribution in [3.63, 3.8) is 0 Å². The van der Waals surface area contributed by atoms with Crippen molar-refractivity contribution in [1.82, 2.24) is 10.6 Å². The molecule has 0 radical (unpaired) electrons. The molecule has 4 heteroatoms. The number of methoxy groups -OCH3 is 1. The van der Waals surface area contributed by atoms with Gasteiger partial charge in [-0.15, -0.1) is 0 Å². The Labute approximate surface area is 104 Å². The highest BCUT2D eigenvalue weighted by Gasteiger charge is 2.20. The van der Waals surface area contributed by atoms with Crippen LogP contribution in [0.1, 0.15) is 32.6 Å². The van der Waals surface area contributed by atoms with Gasteiger partial charge in [-0.05, 0) is 30.5 Å². The van der Waals surface area contributed by atoms with Gasteiger partial charge < -0.3 is 15.4 Å². The molecule has 2 unspecified atom stereocenters. The zero-order chi connectivity index (χ0) is 11.8. The fourth-order valence-electron chi connectivity index (χ4n) is 2.25. The first-order valence-electron chi connectivity index (χ1n) is 6.24. The van der Waals surface area contributed by atoms with Crippen molar-refractivity contribution in [3.05, 3.63) is 0 Å². The van der Waals surface area contributed by atoms with Gasteiger partial charge in [-0.2, -0.15) is 0 Å². The average molecular weight is 244 g/mol. The number of hydrogen-bond donors (Lipinski definition) is 2. The van der Waals surface area contributed by atoms with Crippen LogP contribution in [0.25, 0.3) is 0 Å². The van der Waals surface area contributed by atoms with E-state index >= 15 is 0 Å². The molecule has 2 N–H and O–H groups in total. The average Bonchev–Trinajstić information content (AvgIpc) is 2.28. The van der Waals surface area contributed by atoms with Crippen LogP contribution in [0.4, 0.5) is 0 Å². The monoisotopic (exact) mass is 244 g/mol. The van der Waals surface area contributed by atoms with Crippen LogP contribution in [0.3, 0.4) is 0 Å². The van der Waals surface area contributed by atoms with Crippen molar-refractivity contribution >= 4 is 17.3 Å². The highest BCUT2D eigenvalue weighted by atomic mass is 32.1. The Bertz CT molecular complexity index is 211. The molecular formula is C12H24N2OS. The van der Waals surface area contributed by atoms with E-state index in [1.54, 1.807) is 7.11 Å². The van der Waals surface area contributed by atoms with E-state index in [2.05, 4.69) is 17.6 Å². The SMILES string of the molecule is COCCNC(=S)NCC1CCCCC1C. The summed E-state index contributed by atoms with van der Waals surface area (Å²) in [6, 6.07) is 0. The van der Waals surface area contributed by atoms with Gasteiger partial charge in [-0.3, -0.25) is 0 Å². The van der Waals surface area contributed by atoms with E-state index in [1.165, 1.54) is 25.7 Å². The third-order valence-electron chi connectivity index (χ3n) is 3.41. The van der Waals surface area contributed by atoms with Crippen LogP contribution in [0.2, 0.25) is 0 Å². The van der Waals surface area contributed by atoms with Gasteiger partial charge in [0.05, 0.1) is 6.61 Å². The first-order chi connectivity index (χ1) is 7.74. The molecule has 0 bridgehead atoms. The molecule has 0 spiro atoms. The van der Waals surface area contributed by atoms with E-state index in [0.29, 0.717) is 6.61 Å². The smallest absolute Gasteiger partial charge is 0.166 e. The highest BCUT2D eigenvalue weighted by molar-refractivity contribution is 7.80. The van der Waals surface area contributed by atoms with Crippen molar-refractivity contribution in [2.24, 2.45) is 11.8 Å². The molecule has 0 aromatic heterocycles. The van der Waals surface area contributed by atoms with Gasteiger partial charge in [0.15, 0.2) is 5.11 Å². The fraction of sp³-hybridized carbons (Fsp3) is 0.917. The first kappa shape index (κ1) is 13.7. The molecule has 0 aromatic carbocycles. The molecule has 1 aliphatic carbocycles. The van der Waals surface area contributed by atoms with E-state index in [9.17, 15) is 0 Å². The van der Waals surface area contributed by atoms with Gasteiger partial charge in [0.25, 0.3) is 0 Å². The molecule has 0 aliphatic heterocycles. The van der Waals surface area contributed by atoms with Crippen molar-refractivity contribution in [3.8, 4) is 0 Å². The Balaban J connectivity index is 2.10. The number of ether oxygens (including phenoxy) is 1. The third kappa shape index (κ3) is 5.12. The lowest BCUT2D eigenvalue weighted by atomic mass is 9.80. The quantitative estimate of drug-likeness (QED) is 0.572. The summed E-state index contributed by atoms with van der Waals surface area (Å²) in [5.41, 5.74) is 0. The minimum Gasteiger partial charge on any atom is -0.383 e. The Morgan fingerprint density at radius 1 is 1.31 bits per heavy atom. The second-order valence-electron chi connectivity index (χ2n) is 4.65. The molecule has 16 heavy (non-hydrogen) atoms. The zero-order valence-corrected chi connectivity index (χ0v) is 11.2. The van der Waals surface area contributed by atoms with Crippen LogP contribution in [0.15, 0.2) is 0 Å². The lowest BCUT2D eigenvalue weighted by Crippen LogP contribution is -2.40. The largest absolute Gasteiger partial charge is 0.383 e. The molecule has 1 rings (SSSR count). The normalized spacial score (nSPS) is 25.1. The molecule has 2 atom stereocenters.